The van der Waals surface area contributed by atoms with Gasteiger partial charge in [0.2, 0.25) is 5.88 Å². The van der Waals surface area contributed by atoms with Crippen molar-refractivity contribution in [3.63, 3.8) is 0 Å². The fourth-order valence-corrected chi connectivity index (χ4v) is 4.55. The molecule has 1 atom stereocenters. The van der Waals surface area contributed by atoms with Crippen LogP contribution in [0.1, 0.15) is 34.5 Å². The second kappa shape index (κ2) is 11.2. The number of rotatable bonds is 6. The average Bonchev–Trinajstić information content (AvgIpc) is 3.29. The van der Waals surface area contributed by atoms with Crippen LogP contribution in [0.2, 0.25) is 0 Å². The van der Waals surface area contributed by atoms with Crippen LogP contribution in [0.4, 0.5) is 23.7 Å². The molecule has 0 aliphatic rings. The van der Waals surface area contributed by atoms with Crippen molar-refractivity contribution in [2.24, 2.45) is 7.05 Å². The highest BCUT2D eigenvalue weighted by Gasteiger charge is 2.30. The van der Waals surface area contributed by atoms with Gasteiger partial charge in [0.05, 0.1) is 17.3 Å². The Morgan fingerprint density at radius 2 is 1.54 bits per heavy atom. The maximum atomic E-state index is 13.2. The van der Waals surface area contributed by atoms with Crippen molar-refractivity contribution >= 4 is 28.5 Å². The van der Waals surface area contributed by atoms with Crippen LogP contribution in [0, 0.1) is 0 Å². The molecule has 41 heavy (non-hydrogen) atoms. The van der Waals surface area contributed by atoms with Crippen LogP contribution in [0.25, 0.3) is 21.9 Å². The van der Waals surface area contributed by atoms with E-state index in [0.29, 0.717) is 16.8 Å². The van der Waals surface area contributed by atoms with E-state index >= 15 is 0 Å². The van der Waals surface area contributed by atoms with Gasteiger partial charge in [-0.05, 0) is 58.7 Å². The smallest absolute Gasteiger partial charge is 0.393 e. The van der Waals surface area contributed by atoms with E-state index in [1.165, 1.54) is 18.2 Å². The Kier molecular flexibility index (Phi) is 7.52. The van der Waals surface area contributed by atoms with E-state index in [1.807, 2.05) is 49.4 Å². The number of aryl methyl sites for hydroxylation is 1. The third-order valence-corrected chi connectivity index (χ3v) is 6.72. The predicted molar refractivity (Wildman–Crippen MR) is 152 cm³/mol. The van der Waals surface area contributed by atoms with Crippen molar-refractivity contribution in [3.05, 3.63) is 120 Å². The molecule has 5 aromatic rings. The number of ether oxygens (including phenoxy) is 1. The molecular weight excluding hydrogens is 531 g/mol. The molecule has 2 N–H and O–H groups in total. The maximum absolute atomic E-state index is 13.2. The number of nitrogens with one attached hydrogen (secondary N) is 2. The van der Waals surface area contributed by atoms with Crippen molar-refractivity contribution in [1.82, 2.24) is 9.88 Å². The fraction of sp³-hybridized carbons (Fsp3) is 0.125. The molecule has 2 amide bonds. The van der Waals surface area contributed by atoms with Crippen molar-refractivity contribution in [2.75, 3.05) is 5.32 Å². The minimum absolute atomic E-state index is 0.208. The van der Waals surface area contributed by atoms with E-state index in [1.54, 1.807) is 42.1 Å². The molecule has 6 nitrogen and oxygen atoms in total. The van der Waals surface area contributed by atoms with Crippen LogP contribution < -0.4 is 15.4 Å². The summed E-state index contributed by atoms with van der Waals surface area (Å²) in [5, 5.41) is 7.76. The Morgan fingerprint density at radius 3 is 2.27 bits per heavy atom. The average molecular weight is 558 g/mol. The Balaban J connectivity index is 1.26. The van der Waals surface area contributed by atoms with E-state index in [2.05, 4.69) is 10.6 Å². The number of carbonyl (C=O) groups is 2. The van der Waals surface area contributed by atoms with Gasteiger partial charge in [-0.25, -0.2) is 4.79 Å². The van der Waals surface area contributed by atoms with Crippen LogP contribution in [0.3, 0.4) is 0 Å². The Morgan fingerprint density at radius 1 is 0.854 bits per heavy atom. The molecule has 1 heterocycles. The van der Waals surface area contributed by atoms with Crippen molar-refractivity contribution < 1.29 is 27.5 Å². The van der Waals surface area contributed by atoms with E-state index in [9.17, 15) is 22.8 Å². The normalized spacial score (nSPS) is 12.1. The minimum Gasteiger partial charge on any atom is -0.393 e. The number of nitrogens with zero attached hydrogens (tertiary/aromatic N) is 1. The van der Waals surface area contributed by atoms with Crippen LogP contribution in [-0.4, -0.2) is 16.6 Å². The molecule has 0 aliphatic heterocycles. The first-order chi connectivity index (χ1) is 19.6. The van der Waals surface area contributed by atoms with Crippen LogP contribution in [-0.2, 0) is 13.2 Å². The highest BCUT2D eigenvalue weighted by atomic mass is 19.4. The summed E-state index contributed by atoms with van der Waals surface area (Å²) >= 11 is 0. The molecule has 0 fully saturated rings. The molecule has 9 heteroatoms. The van der Waals surface area contributed by atoms with Gasteiger partial charge in [0.15, 0.2) is 0 Å². The molecule has 1 aromatic heterocycles. The number of anilines is 1. The third-order valence-electron chi connectivity index (χ3n) is 6.72. The minimum atomic E-state index is -4.45. The highest BCUT2D eigenvalue weighted by Crippen LogP contribution is 2.32. The number of halogens is 3. The van der Waals surface area contributed by atoms with Crippen LogP contribution in [0.5, 0.6) is 5.88 Å². The summed E-state index contributed by atoms with van der Waals surface area (Å²) in [5.74, 6) is -0.258. The van der Waals surface area contributed by atoms with Gasteiger partial charge < -0.3 is 19.9 Å². The Hall–Kier alpha value is -5.05. The first-order valence-corrected chi connectivity index (χ1v) is 12.8. The number of aromatic nitrogens is 1. The first kappa shape index (κ1) is 27.5. The van der Waals surface area contributed by atoms with E-state index < -0.39 is 23.7 Å². The van der Waals surface area contributed by atoms with Gasteiger partial charge in [0, 0.05) is 24.9 Å². The van der Waals surface area contributed by atoms with E-state index in [0.717, 1.165) is 28.5 Å². The Bertz CT molecular complexity index is 1730. The summed E-state index contributed by atoms with van der Waals surface area (Å²) < 4.78 is 46.0. The monoisotopic (exact) mass is 557 g/mol. The van der Waals surface area contributed by atoms with Crippen molar-refractivity contribution in [2.45, 2.75) is 19.1 Å². The quantitative estimate of drug-likeness (QED) is 0.222. The summed E-state index contributed by atoms with van der Waals surface area (Å²) in [6.07, 6.45) is -3.51. The fourth-order valence-electron chi connectivity index (χ4n) is 4.55. The molecule has 0 saturated heterocycles. The SMILES string of the molecule is C[C@H](NC(=O)Oc1cc(NC(=O)c2ccccc2-c2ccc(C(F)(F)F)cc2)cn1C)c1ccc2ccccc2c1. The summed E-state index contributed by atoms with van der Waals surface area (Å²) in [4.78, 5) is 25.8. The standard InChI is InChI=1S/C32H26F3N3O3/c1-20(23-12-11-21-7-3-4-8-24(21)17-23)36-31(40)41-29-18-26(19-38(29)2)37-30(39)28-10-6-5-9-27(28)22-13-15-25(16-14-22)32(33,34)35/h3-20H,1-2H3,(H,36,40)(H,37,39)/t20-/m0/s1. The molecule has 208 valence electrons. The van der Waals surface area contributed by atoms with Gasteiger partial charge in [-0.15, -0.1) is 0 Å². The second-order valence-electron chi connectivity index (χ2n) is 9.61. The van der Waals surface area contributed by atoms with E-state index in [-0.39, 0.29) is 17.5 Å². The lowest BCUT2D eigenvalue weighted by molar-refractivity contribution is -0.137. The second-order valence-corrected chi connectivity index (χ2v) is 9.61. The molecule has 5 rings (SSSR count). The predicted octanol–water partition coefficient (Wildman–Crippen LogP) is 7.97. The van der Waals surface area contributed by atoms with Crippen LogP contribution in [0.15, 0.2) is 103 Å². The molecule has 0 spiro atoms. The van der Waals surface area contributed by atoms with E-state index in [4.69, 9.17) is 4.74 Å². The number of carbonyl (C=O) groups excluding carboxylic acids is 2. The number of alkyl halides is 3. The largest absolute Gasteiger partial charge is 0.416 e. The van der Waals surface area contributed by atoms with Gasteiger partial charge in [-0.2, -0.15) is 13.2 Å². The van der Waals surface area contributed by atoms with Crippen LogP contribution >= 0.6 is 0 Å². The number of amides is 2. The molecule has 0 unspecified atom stereocenters. The topological polar surface area (TPSA) is 72.4 Å². The molecule has 0 radical (unpaired) electrons. The summed E-state index contributed by atoms with van der Waals surface area (Å²) in [6, 6.07) is 26.4. The first-order valence-electron chi connectivity index (χ1n) is 12.8. The summed E-state index contributed by atoms with van der Waals surface area (Å²) in [6.45, 7) is 1.86. The molecule has 0 bridgehead atoms. The van der Waals surface area contributed by atoms with Gasteiger partial charge in [-0.3, -0.25) is 4.79 Å². The van der Waals surface area contributed by atoms with Gasteiger partial charge >= 0.3 is 12.3 Å². The maximum Gasteiger partial charge on any atom is 0.416 e. The molecule has 4 aromatic carbocycles. The number of benzene rings is 4. The zero-order chi connectivity index (χ0) is 29.1. The number of hydrogen-bond donors (Lipinski definition) is 2. The molecule has 0 saturated carbocycles. The van der Waals surface area contributed by atoms with Crippen molar-refractivity contribution in [3.8, 4) is 17.0 Å². The number of fused-ring (bicyclic) bond motifs is 1. The lowest BCUT2D eigenvalue weighted by atomic mass is 9.98. The van der Waals surface area contributed by atoms with Gasteiger partial charge in [-0.1, -0.05) is 66.7 Å². The van der Waals surface area contributed by atoms with Crippen molar-refractivity contribution in [1.29, 1.82) is 0 Å². The number of hydrogen-bond acceptors (Lipinski definition) is 3. The highest BCUT2D eigenvalue weighted by molar-refractivity contribution is 6.08. The summed E-state index contributed by atoms with van der Waals surface area (Å²) in [7, 11) is 1.67. The third kappa shape index (κ3) is 6.24. The molecular formula is C32H26F3N3O3. The zero-order valence-corrected chi connectivity index (χ0v) is 22.2. The summed E-state index contributed by atoms with van der Waals surface area (Å²) in [5.41, 5.74) is 1.76. The van der Waals surface area contributed by atoms with Gasteiger partial charge in [0.25, 0.3) is 5.91 Å². The Labute approximate surface area is 234 Å². The lowest BCUT2D eigenvalue weighted by Gasteiger charge is -2.15. The lowest BCUT2D eigenvalue weighted by Crippen LogP contribution is -2.30. The van der Waals surface area contributed by atoms with Gasteiger partial charge in [0.1, 0.15) is 0 Å². The molecule has 0 aliphatic carbocycles. The zero-order valence-electron chi connectivity index (χ0n) is 22.2.